The number of hydrogen-bond acceptors (Lipinski definition) is 6. The monoisotopic (exact) mass is 369 g/mol. The standard InChI is InChI=1S/C16H15N7OS.CH4/c1-23-16-12(9-19-23)14(17-6-3-7-25-24)20-15(21-16)10-4-2-5-13-11(10)8-18-22-13;/h2,4-5,7-9H,3,6H2,1H3,(H,18,22)(H,17,20,21);1H4. The number of fused-ring (bicyclic) bond motifs is 2. The van der Waals surface area contributed by atoms with Crippen LogP contribution >= 0.6 is 0 Å². The Morgan fingerprint density at radius 2 is 2.15 bits per heavy atom. The number of hydrogen-bond donors (Lipinski definition) is 2. The molecule has 0 radical (unpaired) electrons. The maximum absolute atomic E-state index is 10.5. The van der Waals surface area contributed by atoms with Crippen LogP contribution in [0.25, 0.3) is 33.3 Å². The van der Waals surface area contributed by atoms with E-state index in [-0.39, 0.29) is 7.43 Å². The molecular formula is C17H19N7OS. The van der Waals surface area contributed by atoms with Gasteiger partial charge in [-0.05, 0) is 12.5 Å². The van der Waals surface area contributed by atoms with Crippen LogP contribution < -0.4 is 5.32 Å². The van der Waals surface area contributed by atoms with Crippen molar-refractivity contribution in [3.8, 4) is 11.4 Å². The van der Waals surface area contributed by atoms with Crippen LogP contribution in [0.1, 0.15) is 13.8 Å². The minimum atomic E-state index is 0. The molecule has 4 aromatic rings. The summed E-state index contributed by atoms with van der Waals surface area (Å²) in [6.45, 7) is 0.617. The van der Waals surface area contributed by atoms with E-state index in [1.165, 1.54) is 0 Å². The number of anilines is 1. The van der Waals surface area contributed by atoms with Gasteiger partial charge in [-0.25, -0.2) is 14.2 Å². The Morgan fingerprint density at radius 3 is 3.00 bits per heavy atom. The lowest BCUT2D eigenvalue weighted by Gasteiger charge is -2.09. The fourth-order valence-corrected chi connectivity index (χ4v) is 2.95. The molecule has 0 aliphatic carbocycles. The summed E-state index contributed by atoms with van der Waals surface area (Å²) in [6.07, 6.45) is 4.16. The molecule has 0 saturated carbocycles. The first-order chi connectivity index (χ1) is 12.3. The molecule has 0 aliphatic heterocycles. The smallest absolute Gasteiger partial charge is 0.164 e. The van der Waals surface area contributed by atoms with Crippen molar-refractivity contribution in [1.29, 1.82) is 0 Å². The van der Waals surface area contributed by atoms with Gasteiger partial charge in [-0.1, -0.05) is 19.6 Å². The molecule has 0 bridgehead atoms. The summed E-state index contributed by atoms with van der Waals surface area (Å²) in [6, 6.07) is 5.88. The van der Waals surface area contributed by atoms with Gasteiger partial charge in [0.25, 0.3) is 0 Å². The van der Waals surface area contributed by atoms with Gasteiger partial charge >= 0.3 is 0 Å². The van der Waals surface area contributed by atoms with E-state index in [0.717, 1.165) is 27.5 Å². The third-order valence-corrected chi connectivity index (χ3v) is 4.31. The summed E-state index contributed by atoms with van der Waals surface area (Å²) in [7, 11) is 1.85. The highest BCUT2D eigenvalue weighted by atomic mass is 32.1. The van der Waals surface area contributed by atoms with Gasteiger partial charge in [-0.2, -0.15) is 10.2 Å². The van der Waals surface area contributed by atoms with Crippen LogP contribution in [0.5, 0.6) is 0 Å². The van der Waals surface area contributed by atoms with Crippen LogP contribution in [0.15, 0.2) is 30.6 Å². The van der Waals surface area contributed by atoms with Gasteiger partial charge in [0, 0.05) is 29.9 Å². The van der Waals surface area contributed by atoms with E-state index in [1.807, 2.05) is 25.2 Å². The second kappa shape index (κ2) is 7.44. The number of aromatic nitrogens is 6. The average molecular weight is 369 g/mol. The summed E-state index contributed by atoms with van der Waals surface area (Å²) in [4.78, 5) is 9.38. The van der Waals surface area contributed by atoms with Crippen molar-refractivity contribution in [3.63, 3.8) is 0 Å². The number of H-pyrrole nitrogens is 1. The third-order valence-electron chi connectivity index (χ3n) is 3.94. The zero-order chi connectivity index (χ0) is 17.2. The van der Waals surface area contributed by atoms with E-state index in [2.05, 4.69) is 25.6 Å². The fraction of sp³-hybridized carbons (Fsp3) is 0.235. The maximum atomic E-state index is 10.5. The summed E-state index contributed by atoms with van der Waals surface area (Å²) >= 11 is 0.472. The van der Waals surface area contributed by atoms with E-state index in [9.17, 15) is 4.21 Å². The summed E-state index contributed by atoms with van der Waals surface area (Å²) in [5.74, 6) is 1.31. The number of nitrogens with one attached hydrogen (secondary N) is 2. The predicted octanol–water partition coefficient (Wildman–Crippen LogP) is 2.36. The first-order valence-corrected chi connectivity index (χ1v) is 8.55. The van der Waals surface area contributed by atoms with Gasteiger partial charge in [0.1, 0.15) is 5.82 Å². The predicted molar refractivity (Wildman–Crippen MR) is 105 cm³/mol. The minimum absolute atomic E-state index is 0. The molecule has 1 aromatic carbocycles. The molecule has 0 atom stereocenters. The van der Waals surface area contributed by atoms with Crippen LogP contribution in [-0.4, -0.2) is 46.1 Å². The minimum Gasteiger partial charge on any atom is -0.369 e. The first-order valence-electron chi connectivity index (χ1n) is 7.74. The number of nitrogens with zero attached hydrogens (tertiary/aromatic N) is 5. The highest BCUT2D eigenvalue weighted by molar-refractivity contribution is 7.64. The molecule has 0 unspecified atom stereocenters. The fourth-order valence-electron chi connectivity index (χ4n) is 2.74. The Balaban J connectivity index is 0.00000196. The molecule has 134 valence electrons. The summed E-state index contributed by atoms with van der Waals surface area (Å²) in [5.41, 5.74) is 2.58. The first kappa shape index (κ1) is 17.7. The average Bonchev–Trinajstić information content (AvgIpc) is 3.25. The molecule has 3 aromatic heterocycles. The highest BCUT2D eigenvalue weighted by Crippen LogP contribution is 2.28. The van der Waals surface area contributed by atoms with Gasteiger partial charge in [0.15, 0.2) is 11.5 Å². The van der Waals surface area contributed by atoms with E-state index in [0.29, 0.717) is 35.9 Å². The molecule has 8 nitrogen and oxygen atoms in total. The molecule has 0 aliphatic rings. The molecule has 3 heterocycles. The van der Waals surface area contributed by atoms with Gasteiger partial charge in [-0.3, -0.25) is 9.78 Å². The van der Waals surface area contributed by atoms with E-state index in [4.69, 9.17) is 4.98 Å². The Kier molecular flexibility index (Phi) is 5.08. The molecule has 2 N–H and O–H groups in total. The van der Waals surface area contributed by atoms with Crippen molar-refractivity contribution < 1.29 is 4.21 Å². The quantitative estimate of drug-likeness (QED) is 0.414. The van der Waals surface area contributed by atoms with Crippen LogP contribution in [0.2, 0.25) is 0 Å². The van der Waals surface area contributed by atoms with Crippen molar-refractivity contribution in [2.24, 2.45) is 7.05 Å². The number of benzene rings is 1. The molecular weight excluding hydrogens is 350 g/mol. The second-order valence-corrected chi connectivity index (χ2v) is 6.04. The van der Waals surface area contributed by atoms with Crippen molar-refractivity contribution in [1.82, 2.24) is 29.9 Å². The van der Waals surface area contributed by atoms with Gasteiger partial charge < -0.3 is 5.32 Å². The SMILES string of the molecule is C.Cn1ncc2c(NCCC=S=O)nc(-c3cccc4[nH]ncc34)nc21. The summed E-state index contributed by atoms with van der Waals surface area (Å²) < 4.78 is 12.2. The van der Waals surface area contributed by atoms with E-state index < -0.39 is 0 Å². The Bertz CT molecular complexity index is 1110. The van der Waals surface area contributed by atoms with Crippen LogP contribution in [0.3, 0.4) is 0 Å². The van der Waals surface area contributed by atoms with Crippen LogP contribution in [0, 0.1) is 0 Å². The lowest BCUT2D eigenvalue weighted by atomic mass is 10.1. The number of rotatable bonds is 5. The zero-order valence-corrected chi connectivity index (χ0v) is 14.2. The lowest BCUT2D eigenvalue weighted by Crippen LogP contribution is -2.06. The number of aryl methyl sites for hydroxylation is 1. The molecule has 0 spiro atoms. The molecule has 4 rings (SSSR count). The zero-order valence-electron chi connectivity index (χ0n) is 13.4. The molecule has 9 heteroatoms. The van der Waals surface area contributed by atoms with Crippen molar-refractivity contribution in [2.45, 2.75) is 13.8 Å². The van der Waals surface area contributed by atoms with Crippen molar-refractivity contribution in [2.75, 3.05) is 11.9 Å². The summed E-state index contributed by atoms with van der Waals surface area (Å²) in [5, 5.41) is 18.0. The lowest BCUT2D eigenvalue weighted by molar-refractivity contribution is 0.701. The Labute approximate surface area is 153 Å². The molecule has 0 fully saturated rings. The van der Waals surface area contributed by atoms with E-state index in [1.54, 1.807) is 22.4 Å². The Morgan fingerprint density at radius 1 is 1.27 bits per heavy atom. The maximum Gasteiger partial charge on any atom is 0.164 e. The van der Waals surface area contributed by atoms with Gasteiger partial charge in [-0.15, -0.1) is 0 Å². The van der Waals surface area contributed by atoms with E-state index >= 15 is 0 Å². The normalized spacial score (nSPS) is 10.7. The van der Waals surface area contributed by atoms with Crippen molar-refractivity contribution in [3.05, 3.63) is 30.6 Å². The highest BCUT2D eigenvalue weighted by Gasteiger charge is 2.14. The topological polar surface area (TPSA) is 101 Å². The Hall–Kier alpha value is -3.07. The van der Waals surface area contributed by atoms with Crippen molar-refractivity contribution >= 4 is 44.4 Å². The molecule has 0 amide bonds. The number of aromatic amines is 1. The largest absolute Gasteiger partial charge is 0.369 e. The third kappa shape index (κ3) is 3.08. The van der Waals surface area contributed by atoms with Crippen LogP contribution in [-0.2, 0) is 18.3 Å². The molecule has 0 saturated heterocycles. The van der Waals surface area contributed by atoms with Gasteiger partial charge in [0.2, 0.25) is 0 Å². The van der Waals surface area contributed by atoms with Gasteiger partial charge in [0.05, 0.1) is 34.6 Å². The second-order valence-electron chi connectivity index (χ2n) is 5.52. The molecule has 26 heavy (non-hydrogen) atoms. The van der Waals surface area contributed by atoms with Crippen LogP contribution in [0.4, 0.5) is 5.82 Å².